The second kappa shape index (κ2) is 7.49. The maximum absolute atomic E-state index is 12.6. The summed E-state index contributed by atoms with van der Waals surface area (Å²) < 4.78 is 1.67. The molecule has 3 aromatic carbocycles. The zero-order valence-corrected chi connectivity index (χ0v) is 15.5. The van der Waals surface area contributed by atoms with Crippen molar-refractivity contribution in [2.24, 2.45) is 0 Å². The predicted octanol–water partition coefficient (Wildman–Crippen LogP) is 5.91. The first-order chi connectivity index (χ1) is 13.6. The monoisotopic (exact) mass is 365 g/mol. The molecular weight excluding hydrogens is 346 g/mol. The quantitative estimate of drug-likeness (QED) is 0.256. The second-order valence-corrected chi connectivity index (χ2v) is 6.60. The van der Waals surface area contributed by atoms with Crippen LogP contribution in [0.15, 0.2) is 91.0 Å². The molecule has 0 aliphatic heterocycles. The summed E-state index contributed by atoms with van der Waals surface area (Å²) in [5.74, 6) is -0.169. The molecule has 1 heterocycles. The molecule has 0 bridgehead atoms. The molecule has 0 amide bonds. The van der Waals surface area contributed by atoms with Crippen LogP contribution in [0.5, 0.6) is 0 Å². The van der Waals surface area contributed by atoms with Crippen molar-refractivity contribution < 1.29 is 9.59 Å². The van der Waals surface area contributed by atoms with E-state index in [4.69, 9.17) is 0 Å². The fraction of sp³-hybridized carbons (Fsp3) is 0.0400. The van der Waals surface area contributed by atoms with Crippen molar-refractivity contribution in [2.45, 2.75) is 6.92 Å². The molecule has 0 fully saturated rings. The van der Waals surface area contributed by atoms with Crippen LogP contribution in [-0.4, -0.2) is 16.3 Å². The van der Waals surface area contributed by atoms with Gasteiger partial charge in [-0.15, -0.1) is 0 Å². The van der Waals surface area contributed by atoms with Gasteiger partial charge in [0, 0.05) is 23.3 Å². The lowest BCUT2D eigenvalue weighted by atomic mass is 10.1. The van der Waals surface area contributed by atoms with Gasteiger partial charge in [-0.1, -0.05) is 78.9 Å². The van der Waals surface area contributed by atoms with Crippen molar-refractivity contribution in [1.82, 2.24) is 4.57 Å². The van der Waals surface area contributed by atoms with Gasteiger partial charge in [0.2, 0.25) is 5.91 Å². The van der Waals surface area contributed by atoms with Crippen LogP contribution in [0, 0.1) is 0 Å². The predicted molar refractivity (Wildman–Crippen MR) is 115 cm³/mol. The third kappa shape index (κ3) is 3.30. The molecule has 4 aromatic rings. The number of carbonyl (C=O) groups is 2. The second-order valence-electron chi connectivity index (χ2n) is 6.60. The number of carbonyl (C=O) groups excluding carboxylic acids is 2. The number of rotatable bonds is 4. The smallest absolute Gasteiger partial charge is 0.228 e. The molecule has 0 aliphatic rings. The molecule has 3 nitrogen and oxygen atoms in total. The van der Waals surface area contributed by atoms with E-state index in [9.17, 15) is 9.59 Å². The molecule has 0 radical (unpaired) electrons. The van der Waals surface area contributed by atoms with Gasteiger partial charge in [0.25, 0.3) is 0 Å². The highest BCUT2D eigenvalue weighted by molar-refractivity contribution is 6.15. The molecule has 3 heteroatoms. The Morgan fingerprint density at radius 3 is 2.29 bits per heavy atom. The van der Waals surface area contributed by atoms with E-state index in [1.807, 2.05) is 78.9 Å². The number of hydrogen-bond donors (Lipinski definition) is 0. The third-order valence-electron chi connectivity index (χ3n) is 4.72. The van der Waals surface area contributed by atoms with Gasteiger partial charge in [0.05, 0.1) is 11.0 Å². The summed E-state index contributed by atoms with van der Waals surface area (Å²) in [6.07, 6.45) is 7.07. The van der Waals surface area contributed by atoms with Gasteiger partial charge in [-0.3, -0.25) is 14.2 Å². The lowest BCUT2D eigenvalue weighted by molar-refractivity contribution is 0.0945. The van der Waals surface area contributed by atoms with E-state index in [2.05, 4.69) is 0 Å². The van der Waals surface area contributed by atoms with E-state index in [0.29, 0.717) is 5.56 Å². The van der Waals surface area contributed by atoms with Crippen molar-refractivity contribution in [3.8, 4) is 0 Å². The lowest BCUT2D eigenvalue weighted by Gasteiger charge is -2.02. The Hall–Kier alpha value is -3.72. The van der Waals surface area contributed by atoms with Gasteiger partial charge in [-0.25, -0.2) is 0 Å². The Bertz CT molecular complexity index is 1240. The third-order valence-corrected chi connectivity index (χ3v) is 4.72. The Labute approximate surface area is 163 Å². The number of nitrogens with zero attached hydrogens (tertiary/aromatic N) is 1. The Morgan fingerprint density at radius 1 is 0.786 bits per heavy atom. The van der Waals surface area contributed by atoms with Crippen LogP contribution >= 0.6 is 0 Å². The summed E-state index contributed by atoms with van der Waals surface area (Å²) in [4.78, 5) is 24.8. The summed E-state index contributed by atoms with van der Waals surface area (Å²) >= 11 is 0. The van der Waals surface area contributed by atoms with Gasteiger partial charge in [-0.05, 0) is 23.8 Å². The van der Waals surface area contributed by atoms with E-state index in [0.717, 1.165) is 27.4 Å². The maximum Gasteiger partial charge on any atom is 0.228 e. The summed E-state index contributed by atoms with van der Waals surface area (Å²) in [5, 5.41) is 1.98. The zero-order chi connectivity index (χ0) is 19.5. The van der Waals surface area contributed by atoms with Crippen molar-refractivity contribution in [1.29, 1.82) is 0 Å². The highest BCUT2D eigenvalue weighted by atomic mass is 16.1. The normalized spacial score (nSPS) is 11.8. The minimum atomic E-state index is -0.0973. The van der Waals surface area contributed by atoms with Gasteiger partial charge >= 0.3 is 0 Å². The molecule has 0 atom stereocenters. The van der Waals surface area contributed by atoms with E-state index >= 15 is 0 Å². The van der Waals surface area contributed by atoms with Crippen molar-refractivity contribution in [2.75, 3.05) is 0 Å². The highest BCUT2D eigenvalue weighted by Gasteiger charge is 2.14. The van der Waals surface area contributed by atoms with Crippen molar-refractivity contribution >= 4 is 39.6 Å². The lowest BCUT2D eigenvalue weighted by Crippen LogP contribution is -2.05. The summed E-state index contributed by atoms with van der Waals surface area (Å²) in [6.45, 7) is 1.54. The van der Waals surface area contributed by atoms with Gasteiger partial charge in [0.15, 0.2) is 5.78 Å². The zero-order valence-electron chi connectivity index (χ0n) is 15.5. The minimum Gasteiger partial charge on any atom is -0.289 e. The fourth-order valence-electron chi connectivity index (χ4n) is 3.43. The van der Waals surface area contributed by atoms with E-state index in [1.165, 1.54) is 6.92 Å². The molecule has 1 aromatic heterocycles. The van der Waals surface area contributed by atoms with Crippen LogP contribution in [0.1, 0.15) is 27.6 Å². The van der Waals surface area contributed by atoms with Crippen molar-refractivity contribution in [3.05, 3.63) is 102 Å². The number of fused-ring (bicyclic) bond motifs is 3. The number of ketones is 1. The molecule has 28 heavy (non-hydrogen) atoms. The van der Waals surface area contributed by atoms with E-state index in [-0.39, 0.29) is 11.7 Å². The molecule has 0 saturated heterocycles. The Morgan fingerprint density at radius 2 is 1.50 bits per heavy atom. The Balaban J connectivity index is 1.67. The first kappa shape index (κ1) is 17.7. The molecule has 136 valence electrons. The molecule has 4 rings (SSSR count). The number of aromatic nitrogens is 1. The fourth-order valence-corrected chi connectivity index (χ4v) is 3.43. The van der Waals surface area contributed by atoms with Crippen LogP contribution in [0.4, 0.5) is 0 Å². The first-order valence-electron chi connectivity index (χ1n) is 9.13. The minimum absolute atomic E-state index is 0.0721. The van der Waals surface area contributed by atoms with E-state index < -0.39 is 0 Å². The highest BCUT2D eigenvalue weighted by Crippen LogP contribution is 2.29. The maximum atomic E-state index is 12.6. The van der Waals surface area contributed by atoms with Crippen LogP contribution in [0.25, 0.3) is 27.9 Å². The number of allylic oxidation sites excluding steroid dienone is 3. The summed E-state index contributed by atoms with van der Waals surface area (Å²) in [5.41, 5.74) is 3.25. The number of benzene rings is 3. The Kier molecular flexibility index (Phi) is 4.73. The van der Waals surface area contributed by atoms with Crippen LogP contribution in [-0.2, 0) is 0 Å². The standard InChI is InChI=1S/C25H19NO2/c1-18(27)26-23-13-7-6-12-21(23)22-16-15-20(17-24(22)26)25(28)14-8-5-11-19-9-3-2-4-10-19/h2-17H,1H3. The topological polar surface area (TPSA) is 39.1 Å². The number of para-hydroxylation sites is 1. The molecule has 0 unspecified atom stereocenters. The summed E-state index contributed by atoms with van der Waals surface area (Å²) in [7, 11) is 0. The van der Waals surface area contributed by atoms with E-state index in [1.54, 1.807) is 22.8 Å². The molecular formula is C25H19NO2. The van der Waals surface area contributed by atoms with Gasteiger partial charge in [-0.2, -0.15) is 0 Å². The average Bonchev–Trinajstić information content (AvgIpc) is 3.05. The van der Waals surface area contributed by atoms with Gasteiger partial charge < -0.3 is 0 Å². The van der Waals surface area contributed by atoms with Crippen LogP contribution in [0.2, 0.25) is 0 Å². The molecule has 0 aliphatic carbocycles. The molecule has 0 saturated carbocycles. The van der Waals surface area contributed by atoms with Gasteiger partial charge in [0.1, 0.15) is 0 Å². The van der Waals surface area contributed by atoms with Crippen molar-refractivity contribution in [3.63, 3.8) is 0 Å². The molecule has 0 N–H and O–H groups in total. The molecule has 0 spiro atoms. The largest absolute Gasteiger partial charge is 0.289 e. The van der Waals surface area contributed by atoms with Crippen LogP contribution in [0.3, 0.4) is 0 Å². The first-order valence-corrected chi connectivity index (χ1v) is 9.13. The number of hydrogen-bond acceptors (Lipinski definition) is 2. The SMILES string of the molecule is CC(=O)n1c2ccccc2c2ccc(C(=O)C=CC=Cc3ccccc3)cc21. The average molecular weight is 365 g/mol. The summed E-state index contributed by atoms with van der Waals surface area (Å²) in [6, 6.07) is 23.2. The van der Waals surface area contributed by atoms with Crippen LogP contribution < -0.4 is 0 Å².